The van der Waals surface area contributed by atoms with Crippen molar-refractivity contribution < 1.29 is 0 Å². The fourth-order valence-electron chi connectivity index (χ4n) is 3.36. The topological polar surface area (TPSA) is 15.3 Å². The molecule has 1 fully saturated rings. The van der Waals surface area contributed by atoms with Crippen LogP contribution in [-0.4, -0.2) is 19.6 Å². The second-order valence-electron chi connectivity index (χ2n) is 6.65. The van der Waals surface area contributed by atoms with Crippen molar-refractivity contribution >= 4 is 5.69 Å². The lowest BCUT2D eigenvalue weighted by Crippen LogP contribution is -2.29. The molecule has 0 saturated heterocycles. The van der Waals surface area contributed by atoms with Crippen molar-refractivity contribution in [2.75, 3.05) is 18.5 Å². The molecule has 20 heavy (non-hydrogen) atoms. The number of anilines is 1. The molecule has 0 spiro atoms. The molecule has 1 aromatic rings. The highest BCUT2D eigenvalue weighted by molar-refractivity contribution is 5.56. The first-order valence-electron chi connectivity index (χ1n) is 8.32. The number of benzene rings is 1. The van der Waals surface area contributed by atoms with E-state index in [-0.39, 0.29) is 0 Å². The Balaban J connectivity index is 1.59. The van der Waals surface area contributed by atoms with E-state index in [1.54, 1.807) is 0 Å². The lowest BCUT2D eigenvalue weighted by molar-refractivity contribution is 0.445. The Kier molecular flexibility index (Phi) is 4.30. The highest BCUT2D eigenvalue weighted by Crippen LogP contribution is 2.34. The van der Waals surface area contributed by atoms with Crippen LogP contribution in [0.2, 0.25) is 0 Å². The Morgan fingerprint density at radius 3 is 2.95 bits per heavy atom. The number of hydrogen-bond acceptors (Lipinski definition) is 2. The summed E-state index contributed by atoms with van der Waals surface area (Å²) in [7, 11) is 2.21. The van der Waals surface area contributed by atoms with Crippen molar-refractivity contribution in [2.24, 2.45) is 5.92 Å². The van der Waals surface area contributed by atoms with E-state index in [9.17, 15) is 0 Å². The van der Waals surface area contributed by atoms with E-state index in [4.69, 9.17) is 0 Å². The molecular formula is C18H28N2. The molecule has 2 aliphatic rings. The van der Waals surface area contributed by atoms with Crippen LogP contribution in [0.1, 0.15) is 50.2 Å². The molecule has 0 radical (unpaired) electrons. The van der Waals surface area contributed by atoms with Crippen LogP contribution in [-0.2, 0) is 13.0 Å². The smallest absolute Gasteiger partial charge is 0.0396 e. The van der Waals surface area contributed by atoms with Crippen LogP contribution in [0.4, 0.5) is 5.69 Å². The Labute approximate surface area is 123 Å². The van der Waals surface area contributed by atoms with E-state index in [1.807, 2.05) is 0 Å². The molecule has 3 rings (SSSR count). The van der Waals surface area contributed by atoms with Crippen LogP contribution in [0.15, 0.2) is 18.2 Å². The zero-order chi connectivity index (χ0) is 13.9. The van der Waals surface area contributed by atoms with Gasteiger partial charge in [0.1, 0.15) is 0 Å². The summed E-state index contributed by atoms with van der Waals surface area (Å²) in [5.74, 6) is 1.02. The summed E-state index contributed by atoms with van der Waals surface area (Å²) < 4.78 is 0. The predicted molar refractivity (Wildman–Crippen MR) is 86.3 cm³/mol. The fraction of sp³-hybridized carbons (Fsp3) is 0.667. The molecule has 0 amide bonds. The monoisotopic (exact) mass is 272 g/mol. The summed E-state index contributed by atoms with van der Waals surface area (Å²) in [6.45, 7) is 4.54. The molecule has 0 bridgehead atoms. The average Bonchev–Trinajstić information content (AvgIpc) is 3.27. The Hall–Kier alpha value is -1.02. The van der Waals surface area contributed by atoms with Crippen molar-refractivity contribution in [3.8, 4) is 0 Å². The van der Waals surface area contributed by atoms with Gasteiger partial charge in [-0.3, -0.25) is 0 Å². The van der Waals surface area contributed by atoms with Crippen molar-refractivity contribution in [3.63, 3.8) is 0 Å². The molecule has 1 aliphatic heterocycles. The number of rotatable bonds is 6. The Morgan fingerprint density at radius 2 is 2.20 bits per heavy atom. The van der Waals surface area contributed by atoms with E-state index in [2.05, 4.69) is 42.4 Å². The van der Waals surface area contributed by atoms with Crippen LogP contribution < -0.4 is 10.2 Å². The van der Waals surface area contributed by atoms with Gasteiger partial charge in [-0.1, -0.05) is 31.9 Å². The fourth-order valence-corrected chi connectivity index (χ4v) is 3.36. The van der Waals surface area contributed by atoms with Gasteiger partial charge in [0.05, 0.1) is 0 Å². The number of hydrogen-bond donors (Lipinski definition) is 1. The quantitative estimate of drug-likeness (QED) is 0.848. The van der Waals surface area contributed by atoms with E-state index >= 15 is 0 Å². The first-order valence-corrected chi connectivity index (χ1v) is 8.32. The molecule has 1 aromatic carbocycles. The van der Waals surface area contributed by atoms with Crippen LogP contribution in [0.3, 0.4) is 0 Å². The molecule has 110 valence electrons. The van der Waals surface area contributed by atoms with Crippen LogP contribution in [0, 0.1) is 5.92 Å². The van der Waals surface area contributed by atoms with Crippen molar-refractivity contribution in [2.45, 2.75) is 58.0 Å². The zero-order valence-corrected chi connectivity index (χ0v) is 13.0. The summed E-state index contributed by atoms with van der Waals surface area (Å²) in [6.07, 6.45) is 8.09. The molecule has 1 heterocycles. The third-order valence-electron chi connectivity index (χ3n) is 4.90. The second-order valence-corrected chi connectivity index (χ2v) is 6.65. The molecule has 1 saturated carbocycles. The lowest BCUT2D eigenvalue weighted by Gasteiger charge is -2.28. The molecule has 1 unspecified atom stereocenters. The third-order valence-corrected chi connectivity index (χ3v) is 4.90. The van der Waals surface area contributed by atoms with Gasteiger partial charge in [-0.05, 0) is 48.8 Å². The van der Waals surface area contributed by atoms with Crippen molar-refractivity contribution in [1.29, 1.82) is 0 Å². The van der Waals surface area contributed by atoms with Gasteiger partial charge in [-0.25, -0.2) is 0 Å². The maximum atomic E-state index is 3.76. The molecule has 2 nitrogen and oxygen atoms in total. The van der Waals surface area contributed by atoms with Gasteiger partial charge >= 0.3 is 0 Å². The summed E-state index contributed by atoms with van der Waals surface area (Å²) in [6, 6.07) is 7.74. The molecule has 0 aromatic heterocycles. The first-order chi connectivity index (χ1) is 9.76. The van der Waals surface area contributed by atoms with Crippen LogP contribution >= 0.6 is 0 Å². The molecular weight excluding hydrogens is 244 g/mol. The standard InChI is InChI=1S/C18H28N2/c1-3-17(12-14-6-7-14)19-13-15-8-9-18-16(11-15)5-4-10-20(18)2/h8-9,11,14,17,19H,3-7,10,12-13H2,1-2H3. The SMILES string of the molecule is CCC(CC1CC1)NCc1ccc2c(c1)CCCN2C. The minimum Gasteiger partial charge on any atom is -0.374 e. The highest BCUT2D eigenvalue weighted by atomic mass is 15.1. The molecule has 1 aliphatic carbocycles. The van der Waals surface area contributed by atoms with E-state index in [1.165, 1.54) is 61.9 Å². The predicted octanol–water partition coefficient (Wildman–Crippen LogP) is 3.74. The normalized spacial score (nSPS) is 19.8. The number of nitrogens with zero attached hydrogens (tertiary/aromatic N) is 1. The van der Waals surface area contributed by atoms with E-state index in [0.717, 1.165) is 12.5 Å². The van der Waals surface area contributed by atoms with Gasteiger partial charge in [-0.15, -0.1) is 0 Å². The average molecular weight is 272 g/mol. The zero-order valence-electron chi connectivity index (χ0n) is 13.0. The van der Waals surface area contributed by atoms with Crippen LogP contribution in [0.5, 0.6) is 0 Å². The highest BCUT2D eigenvalue weighted by Gasteiger charge is 2.24. The lowest BCUT2D eigenvalue weighted by atomic mass is 9.99. The van der Waals surface area contributed by atoms with Crippen molar-refractivity contribution in [1.82, 2.24) is 5.32 Å². The molecule has 1 atom stereocenters. The molecule has 2 heteroatoms. The first kappa shape index (κ1) is 13.9. The minimum absolute atomic E-state index is 0.709. The Morgan fingerprint density at radius 1 is 1.35 bits per heavy atom. The van der Waals surface area contributed by atoms with E-state index in [0.29, 0.717) is 6.04 Å². The van der Waals surface area contributed by atoms with Gasteiger partial charge in [0, 0.05) is 31.9 Å². The second kappa shape index (κ2) is 6.17. The van der Waals surface area contributed by atoms with Gasteiger partial charge in [-0.2, -0.15) is 0 Å². The van der Waals surface area contributed by atoms with Gasteiger partial charge < -0.3 is 10.2 Å². The number of nitrogens with one attached hydrogen (secondary N) is 1. The summed E-state index contributed by atoms with van der Waals surface area (Å²) in [5.41, 5.74) is 4.42. The van der Waals surface area contributed by atoms with Gasteiger partial charge in [0.25, 0.3) is 0 Å². The number of fused-ring (bicyclic) bond motifs is 1. The maximum absolute atomic E-state index is 3.76. The van der Waals surface area contributed by atoms with Crippen molar-refractivity contribution in [3.05, 3.63) is 29.3 Å². The van der Waals surface area contributed by atoms with Gasteiger partial charge in [0.15, 0.2) is 0 Å². The summed E-state index contributed by atoms with van der Waals surface area (Å²) >= 11 is 0. The van der Waals surface area contributed by atoms with E-state index < -0.39 is 0 Å². The summed E-state index contributed by atoms with van der Waals surface area (Å²) in [5, 5.41) is 3.76. The minimum atomic E-state index is 0.709. The third kappa shape index (κ3) is 3.35. The van der Waals surface area contributed by atoms with Gasteiger partial charge in [0.2, 0.25) is 0 Å². The Bertz CT molecular complexity index is 451. The molecule has 1 N–H and O–H groups in total. The number of aryl methyl sites for hydroxylation is 1. The largest absolute Gasteiger partial charge is 0.374 e. The maximum Gasteiger partial charge on any atom is 0.0396 e. The summed E-state index contributed by atoms with van der Waals surface area (Å²) in [4.78, 5) is 2.39. The van der Waals surface area contributed by atoms with Crippen LogP contribution in [0.25, 0.3) is 0 Å².